The van der Waals surface area contributed by atoms with Crippen LogP contribution in [0.1, 0.15) is 39.0 Å². The van der Waals surface area contributed by atoms with E-state index in [1.165, 1.54) is 32.1 Å². The van der Waals surface area contributed by atoms with Gasteiger partial charge in [-0.05, 0) is 32.2 Å². The Kier molecular flexibility index (Phi) is 4.74. The summed E-state index contributed by atoms with van der Waals surface area (Å²) >= 11 is 0. The van der Waals surface area contributed by atoms with Crippen LogP contribution in [0.3, 0.4) is 0 Å². The summed E-state index contributed by atoms with van der Waals surface area (Å²) in [6.07, 6.45) is 7.02. The van der Waals surface area contributed by atoms with Crippen LogP contribution >= 0.6 is 0 Å². The fraction of sp³-hybridized carbons (Fsp3) is 1.00. The highest BCUT2D eigenvalue weighted by molar-refractivity contribution is 4.84. The maximum absolute atomic E-state index is 5.51. The molecule has 3 unspecified atom stereocenters. The summed E-state index contributed by atoms with van der Waals surface area (Å²) in [5.74, 6) is 0.902. The molecule has 0 aromatic carbocycles. The van der Waals surface area contributed by atoms with Gasteiger partial charge in [-0.25, -0.2) is 0 Å². The lowest BCUT2D eigenvalue weighted by atomic mass is 9.81. The monoisotopic (exact) mass is 185 g/mol. The maximum Gasteiger partial charge on any atom is 0.0726 e. The standard InChI is InChI=1S/C11H23NO/c1-4-5-9-6-7-10(12-2)11(8-9)13-3/h9-12H,4-8H2,1-3H3. The van der Waals surface area contributed by atoms with Gasteiger partial charge in [0.1, 0.15) is 0 Å². The molecule has 3 atom stereocenters. The van der Waals surface area contributed by atoms with Crippen LogP contribution in [0.5, 0.6) is 0 Å². The van der Waals surface area contributed by atoms with E-state index >= 15 is 0 Å². The van der Waals surface area contributed by atoms with Gasteiger partial charge in [0, 0.05) is 13.2 Å². The van der Waals surface area contributed by atoms with Crippen molar-refractivity contribution in [1.82, 2.24) is 5.32 Å². The second kappa shape index (κ2) is 5.61. The first kappa shape index (κ1) is 11.0. The fourth-order valence-corrected chi connectivity index (χ4v) is 2.47. The van der Waals surface area contributed by atoms with Crippen LogP contribution in [-0.2, 0) is 4.74 Å². The summed E-state index contributed by atoms with van der Waals surface area (Å²) in [7, 11) is 3.88. The Labute approximate surface area is 82.0 Å². The van der Waals surface area contributed by atoms with Gasteiger partial charge in [-0.2, -0.15) is 0 Å². The van der Waals surface area contributed by atoms with Crippen molar-refractivity contribution in [3.63, 3.8) is 0 Å². The Morgan fingerprint density at radius 2 is 2.15 bits per heavy atom. The van der Waals surface area contributed by atoms with Crippen molar-refractivity contribution in [2.45, 2.75) is 51.2 Å². The first-order valence-corrected chi connectivity index (χ1v) is 5.51. The van der Waals surface area contributed by atoms with Gasteiger partial charge in [0.25, 0.3) is 0 Å². The van der Waals surface area contributed by atoms with Crippen molar-refractivity contribution in [3.05, 3.63) is 0 Å². The molecular weight excluding hydrogens is 162 g/mol. The van der Waals surface area contributed by atoms with Gasteiger partial charge in [0.05, 0.1) is 6.10 Å². The van der Waals surface area contributed by atoms with E-state index in [-0.39, 0.29) is 0 Å². The lowest BCUT2D eigenvalue weighted by molar-refractivity contribution is 0.0235. The number of likely N-dealkylation sites (N-methyl/N-ethyl adjacent to an activating group) is 1. The second-order valence-electron chi connectivity index (χ2n) is 4.14. The third-order valence-corrected chi connectivity index (χ3v) is 3.27. The molecule has 1 fully saturated rings. The second-order valence-corrected chi connectivity index (χ2v) is 4.14. The van der Waals surface area contributed by atoms with Crippen molar-refractivity contribution in [2.24, 2.45) is 5.92 Å². The van der Waals surface area contributed by atoms with Gasteiger partial charge in [-0.3, -0.25) is 0 Å². The molecular formula is C11H23NO. The quantitative estimate of drug-likeness (QED) is 0.725. The zero-order valence-electron chi connectivity index (χ0n) is 9.18. The number of rotatable bonds is 4. The number of hydrogen-bond acceptors (Lipinski definition) is 2. The van der Waals surface area contributed by atoms with Crippen LogP contribution in [0.25, 0.3) is 0 Å². The molecule has 0 spiro atoms. The molecule has 0 amide bonds. The van der Waals surface area contributed by atoms with E-state index in [1.54, 1.807) is 0 Å². The summed E-state index contributed by atoms with van der Waals surface area (Å²) < 4.78 is 5.51. The van der Waals surface area contributed by atoms with Crippen molar-refractivity contribution >= 4 is 0 Å². The summed E-state index contributed by atoms with van der Waals surface area (Å²) in [6, 6.07) is 0.582. The van der Waals surface area contributed by atoms with Crippen molar-refractivity contribution < 1.29 is 4.74 Å². The van der Waals surface area contributed by atoms with Crippen LogP contribution in [0.4, 0.5) is 0 Å². The molecule has 0 bridgehead atoms. The smallest absolute Gasteiger partial charge is 0.0726 e. The maximum atomic E-state index is 5.51. The summed E-state index contributed by atoms with van der Waals surface area (Å²) in [6.45, 7) is 2.27. The minimum Gasteiger partial charge on any atom is -0.380 e. The SMILES string of the molecule is CCCC1CCC(NC)C(OC)C1. The Morgan fingerprint density at radius 3 is 2.69 bits per heavy atom. The highest BCUT2D eigenvalue weighted by atomic mass is 16.5. The first-order valence-electron chi connectivity index (χ1n) is 5.51. The molecule has 1 saturated carbocycles. The fourth-order valence-electron chi connectivity index (χ4n) is 2.47. The molecule has 1 rings (SSSR count). The molecule has 0 heterocycles. The number of ether oxygens (including phenoxy) is 1. The van der Waals surface area contributed by atoms with Crippen LogP contribution in [-0.4, -0.2) is 26.3 Å². The van der Waals surface area contributed by atoms with E-state index in [2.05, 4.69) is 12.2 Å². The molecule has 0 radical (unpaired) electrons. The topological polar surface area (TPSA) is 21.3 Å². The normalized spacial score (nSPS) is 34.8. The molecule has 0 aromatic heterocycles. The van der Waals surface area contributed by atoms with Gasteiger partial charge in [-0.1, -0.05) is 19.8 Å². The highest BCUT2D eigenvalue weighted by Crippen LogP contribution is 2.29. The number of nitrogens with one attached hydrogen (secondary N) is 1. The van der Waals surface area contributed by atoms with Gasteiger partial charge in [-0.15, -0.1) is 0 Å². The van der Waals surface area contributed by atoms with Gasteiger partial charge in [0.2, 0.25) is 0 Å². The van der Waals surface area contributed by atoms with Crippen LogP contribution in [0.2, 0.25) is 0 Å². The molecule has 13 heavy (non-hydrogen) atoms. The Hall–Kier alpha value is -0.0800. The molecule has 2 heteroatoms. The molecule has 1 N–H and O–H groups in total. The summed E-state index contributed by atoms with van der Waals surface area (Å²) in [5.41, 5.74) is 0. The van der Waals surface area contributed by atoms with Crippen LogP contribution < -0.4 is 5.32 Å². The van der Waals surface area contributed by atoms with Gasteiger partial charge in [0.15, 0.2) is 0 Å². The average Bonchev–Trinajstić information content (AvgIpc) is 2.18. The van der Waals surface area contributed by atoms with Gasteiger partial charge < -0.3 is 10.1 Å². The third-order valence-electron chi connectivity index (χ3n) is 3.27. The predicted octanol–water partition coefficient (Wildman–Crippen LogP) is 2.19. The third kappa shape index (κ3) is 2.96. The van der Waals surface area contributed by atoms with E-state index in [9.17, 15) is 0 Å². The Morgan fingerprint density at radius 1 is 1.38 bits per heavy atom. The Balaban J connectivity index is 2.38. The lowest BCUT2D eigenvalue weighted by Crippen LogP contribution is -2.43. The van der Waals surface area contributed by atoms with Crippen molar-refractivity contribution in [1.29, 1.82) is 0 Å². The molecule has 0 aliphatic heterocycles. The molecule has 1 aliphatic rings. The zero-order valence-corrected chi connectivity index (χ0v) is 9.18. The molecule has 2 nitrogen and oxygen atoms in total. The largest absolute Gasteiger partial charge is 0.380 e. The summed E-state index contributed by atoms with van der Waals surface area (Å²) in [5, 5.41) is 3.34. The molecule has 0 aromatic rings. The van der Waals surface area contributed by atoms with Crippen molar-refractivity contribution in [2.75, 3.05) is 14.2 Å². The van der Waals surface area contributed by atoms with E-state index in [0.29, 0.717) is 12.1 Å². The molecule has 78 valence electrons. The van der Waals surface area contributed by atoms with Crippen LogP contribution in [0.15, 0.2) is 0 Å². The minimum absolute atomic E-state index is 0.440. The minimum atomic E-state index is 0.440. The van der Waals surface area contributed by atoms with E-state index in [4.69, 9.17) is 4.74 Å². The van der Waals surface area contributed by atoms with E-state index < -0.39 is 0 Å². The van der Waals surface area contributed by atoms with Crippen molar-refractivity contribution in [3.8, 4) is 0 Å². The average molecular weight is 185 g/mol. The number of methoxy groups -OCH3 is 1. The summed E-state index contributed by atoms with van der Waals surface area (Å²) in [4.78, 5) is 0. The zero-order chi connectivity index (χ0) is 9.68. The van der Waals surface area contributed by atoms with Gasteiger partial charge >= 0.3 is 0 Å². The highest BCUT2D eigenvalue weighted by Gasteiger charge is 2.28. The number of hydrogen-bond donors (Lipinski definition) is 1. The predicted molar refractivity (Wildman–Crippen MR) is 55.9 cm³/mol. The first-order chi connectivity index (χ1) is 6.31. The lowest BCUT2D eigenvalue weighted by Gasteiger charge is -2.35. The molecule has 0 saturated heterocycles. The Bertz CT molecular complexity index is 138. The van der Waals surface area contributed by atoms with E-state index in [1.807, 2.05) is 14.2 Å². The van der Waals surface area contributed by atoms with E-state index in [0.717, 1.165) is 5.92 Å². The molecule has 1 aliphatic carbocycles. The van der Waals surface area contributed by atoms with Crippen LogP contribution in [0, 0.1) is 5.92 Å².